The Balaban J connectivity index is 2.20. The van der Waals surface area contributed by atoms with Crippen LogP contribution in [-0.2, 0) is 14.6 Å². The highest BCUT2D eigenvalue weighted by molar-refractivity contribution is 7.92. The summed E-state index contributed by atoms with van der Waals surface area (Å²) in [6.07, 6.45) is 3.78. The largest absolute Gasteiger partial charge is 0.381 e. The third-order valence-electron chi connectivity index (χ3n) is 4.94. The molecule has 1 aromatic carbocycles. The lowest BCUT2D eigenvalue weighted by molar-refractivity contribution is 0.0607. The van der Waals surface area contributed by atoms with E-state index in [1.807, 2.05) is 13.0 Å². The van der Waals surface area contributed by atoms with Crippen molar-refractivity contribution in [2.24, 2.45) is 11.8 Å². The van der Waals surface area contributed by atoms with Crippen molar-refractivity contribution in [2.75, 3.05) is 26.3 Å². The topological polar surface area (TPSA) is 46.6 Å². The van der Waals surface area contributed by atoms with Gasteiger partial charge in [0.25, 0.3) is 0 Å². The quantitative estimate of drug-likeness (QED) is 0.662. The number of sulfone groups is 1. The molecular weight excluding hydrogens is 334 g/mol. The molecule has 2 atom stereocenters. The van der Waals surface area contributed by atoms with Gasteiger partial charge >= 0.3 is 0 Å². The number of likely N-dealkylation sites (tertiary alicyclic amines) is 1. The number of ether oxygens (including phenoxy) is 1. The van der Waals surface area contributed by atoms with Crippen molar-refractivity contribution in [3.8, 4) is 0 Å². The summed E-state index contributed by atoms with van der Waals surface area (Å²) in [6, 6.07) is 8.92. The lowest BCUT2D eigenvalue weighted by Crippen LogP contribution is -2.47. The molecule has 0 saturated carbocycles. The first kappa shape index (κ1) is 20.4. The van der Waals surface area contributed by atoms with Crippen molar-refractivity contribution in [3.05, 3.63) is 30.3 Å². The summed E-state index contributed by atoms with van der Waals surface area (Å²) in [5, 5.41) is -0.429. The van der Waals surface area contributed by atoms with E-state index in [1.54, 1.807) is 24.3 Å². The van der Waals surface area contributed by atoms with Crippen LogP contribution in [0.4, 0.5) is 0 Å². The first-order valence-corrected chi connectivity index (χ1v) is 11.1. The van der Waals surface area contributed by atoms with Gasteiger partial charge in [-0.25, -0.2) is 8.42 Å². The molecule has 1 saturated heterocycles. The number of piperidine rings is 1. The summed E-state index contributed by atoms with van der Waals surface area (Å²) >= 11 is 0. The van der Waals surface area contributed by atoms with Crippen LogP contribution in [0.3, 0.4) is 0 Å². The molecule has 142 valence electrons. The third kappa shape index (κ3) is 5.80. The maximum atomic E-state index is 13.3. The van der Waals surface area contributed by atoms with Crippen LogP contribution >= 0.6 is 0 Å². The van der Waals surface area contributed by atoms with E-state index < -0.39 is 15.2 Å². The van der Waals surface area contributed by atoms with E-state index in [9.17, 15) is 8.42 Å². The lowest BCUT2D eigenvalue weighted by Gasteiger charge is -2.38. The zero-order valence-corrected chi connectivity index (χ0v) is 16.7. The van der Waals surface area contributed by atoms with Crippen LogP contribution in [0.5, 0.6) is 0 Å². The Kier molecular flexibility index (Phi) is 7.91. The monoisotopic (exact) mass is 367 g/mol. The molecule has 5 heteroatoms. The van der Waals surface area contributed by atoms with Crippen molar-refractivity contribution in [1.82, 2.24) is 4.90 Å². The molecule has 4 nitrogen and oxygen atoms in total. The first-order chi connectivity index (χ1) is 11.9. The molecule has 0 aromatic heterocycles. The van der Waals surface area contributed by atoms with Gasteiger partial charge in [0.15, 0.2) is 9.84 Å². The summed E-state index contributed by atoms with van der Waals surface area (Å²) in [5.74, 6) is 0.929. The predicted octanol–water partition coefficient (Wildman–Crippen LogP) is 3.97. The van der Waals surface area contributed by atoms with Gasteiger partial charge in [-0.05, 0) is 63.1 Å². The normalized spacial score (nSPS) is 20.7. The Morgan fingerprint density at radius 1 is 1.20 bits per heavy atom. The molecule has 1 aromatic rings. The van der Waals surface area contributed by atoms with Gasteiger partial charge in [0, 0.05) is 13.2 Å². The molecule has 1 aliphatic heterocycles. The summed E-state index contributed by atoms with van der Waals surface area (Å²) in [4.78, 5) is 2.63. The van der Waals surface area contributed by atoms with Gasteiger partial charge in [-0.1, -0.05) is 32.0 Å². The smallest absolute Gasteiger partial charge is 0.194 e. The second-order valence-electron chi connectivity index (χ2n) is 7.45. The zero-order valence-electron chi connectivity index (χ0n) is 15.9. The van der Waals surface area contributed by atoms with E-state index in [2.05, 4.69) is 18.7 Å². The zero-order chi connectivity index (χ0) is 18.3. The van der Waals surface area contributed by atoms with Gasteiger partial charge in [0.05, 0.1) is 11.5 Å². The van der Waals surface area contributed by atoms with Gasteiger partial charge in [-0.2, -0.15) is 0 Å². The molecule has 0 aliphatic carbocycles. The first-order valence-electron chi connectivity index (χ1n) is 9.55. The number of benzene rings is 1. The van der Waals surface area contributed by atoms with E-state index in [0.717, 1.165) is 45.6 Å². The van der Waals surface area contributed by atoms with Crippen LogP contribution < -0.4 is 0 Å². The highest BCUT2D eigenvalue weighted by Crippen LogP contribution is 2.28. The third-order valence-corrected chi connectivity index (χ3v) is 7.12. The second-order valence-corrected chi connectivity index (χ2v) is 9.55. The minimum Gasteiger partial charge on any atom is -0.381 e. The minimum atomic E-state index is -3.36. The van der Waals surface area contributed by atoms with Gasteiger partial charge in [0.2, 0.25) is 0 Å². The van der Waals surface area contributed by atoms with Crippen LogP contribution in [0.25, 0.3) is 0 Å². The van der Waals surface area contributed by atoms with Crippen molar-refractivity contribution in [2.45, 2.75) is 56.7 Å². The molecule has 1 fully saturated rings. The van der Waals surface area contributed by atoms with Crippen LogP contribution in [-0.4, -0.2) is 45.0 Å². The Hall–Kier alpha value is -0.910. The number of rotatable bonds is 9. The number of hydrogen-bond donors (Lipinski definition) is 0. The summed E-state index contributed by atoms with van der Waals surface area (Å²) in [6.45, 7) is 9.43. The van der Waals surface area contributed by atoms with Crippen LogP contribution in [0, 0.1) is 11.8 Å². The van der Waals surface area contributed by atoms with Crippen LogP contribution in [0.2, 0.25) is 0 Å². The molecule has 2 rings (SSSR count). The SMILES string of the molecule is CCOCC1CCCN(C(CCC(C)C)S(=O)(=O)c2ccccc2)C1. The molecule has 1 heterocycles. The average molecular weight is 368 g/mol. The Morgan fingerprint density at radius 3 is 2.56 bits per heavy atom. The maximum Gasteiger partial charge on any atom is 0.194 e. The molecule has 0 spiro atoms. The van der Waals surface area contributed by atoms with Crippen molar-refractivity contribution >= 4 is 9.84 Å². The van der Waals surface area contributed by atoms with Gasteiger partial charge < -0.3 is 4.74 Å². The van der Waals surface area contributed by atoms with E-state index in [-0.39, 0.29) is 0 Å². The van der Waals surface area contributed by atoms with Crippen LogP contribution in [0.15, 0.2) is 35.2 Å². The van der Waals surface area contributed by atoms with E-state index in [1.165, 1.54) is 0 Å². The molecule has 25 heavy (non-hydrogen) atoms. The van der Waals surface area contributed by atoms with Crippen molar-refractivity contribution < 1.29 is 13.2 Å². The maximum absolute atomic E-state index is 13.3. The number of hydrogen-bond acceptors (Lipinski definition) is 4. The summed E-state index contributed by atoms with van der Waals surface area (Å²) < 4.78 is 32.2. The molecule has 0 radical (unpaired) electrons. The fourth-order valence-corrected chi connectivity index (χ4v) is 5.44. The van der Waals surface area contributed by atoms with Gasteiger partial charge in [-0.3, -0.25) is 4.90 Å². The highest BCUT2D eigenvalue weighted by Gasteiger charge is 2.35. The van der Waals surface area contributed by atoms with Gasteiger partial charge in [-0.15, -0.1) is 0 Å². The molecule has 2 unspecified atom stereocenters. The van der Waals surface area contributed by atoms with E-state index in [4.69, 9.17) is 4.74 Å². The molecule has 0 bridgehead atoms. The standard InChI is InChI=1S/C20H33NO3S/c1-4-24-16-18-9-8-14-21(15-18)20(13-12-17(2)3)25(22,23)19-10-6-5-7-11-19/h5-7,10-11,17-18,20H,4,8-9,12-16H2,1-3H3. The predicted molar refractivity (Wildman–Crippen MR) is 102 cm³/mol. The fraction of sp³-hybridized carbons (Fsp3) is 0.700. The van der Waals surface area contributed by atoms with E-state index >= 15 is 0 Å². The molecule has 0 amide bonds. The van der Waals surface area contributed by atoms with E-state index in [0.29, 0.717) is 23.2 Å². The molecule has 0 N–H and O–H groups in total. The highest BCUT2D eigenvalue weighted by atomic mass is 32.2. The molecule has 1 aliphatic rings. The second kappa shape index (κ2) is 9.70. The molecular formula is C20H33NO3S. The summed E-state index contributed by atoms with van der Waals surface area (Å²) in [5.41, 5.74) is 0. The average Bonchev–Trinajstić information content (AvgIpc) is 2.61. The number of nitrogens with zero attached hydrogens (tertiary/aromatic N) is 1. The Bertz CT molecular complexity index is 601. The Morgan fingerprint density at radius 2 is 1.92 bits per heavy atom. The lowest BCUT2D eigenvalue weighted by atomic mass is 9.98. The van der Waals surface area contributed by atoms with Crippen LogP contribution in [0.1, 0.15) is 46.5 Å². The van der Waals surface area contributed by atoms with Gasteiger partial charge in [0.1, 0.15) is 5.37 Å². The van der Waals surface area contributed by atoms with Crippen molar-refractivity contribution in [1.29, 1.82) is 0 Å². The minimum absolute atomic E-state index is 0.429. The van der Waals surface area contributed by atoms with Crippen molar-refractivity contribution in [3.63, 3.8) is 0 Å². The fourth-order valence-electron chi connectivity index (χ4n) is 3.56. The summed E-state index contributed by atoms with van der Waals surface area (Å²) in [7, 11) is -3.36. The Labute approximate surface area is 153 Å².